The summed E-state index contributed by atoms with van der Waals surface area (Å²) in [7, 11) is 1.70. The van der Waals surface area contributed by atoms with E-state index in [1.165, 1.54) is 0 Å². The van der Waals surface area contributed by atoms with Gasteiger partial charge in [-0.3, -0.25) is 4.79 Å². The molecule has 1 aliphatic heterocycles. The molecule has 1 saturated carbocycles. The normalized spacial score (nSPS) is 29.7. The largest absolute Gasteiger partial charge is 0.380 e. The Bertz CT molecular complexity index is 249. The molecule has 0 aromatic rings. The van der Waals surface area contributed by atoms with Gasteiger partial charge in [0.2, 0.25) is 5.91 Å². The third-order valence-electron chi connectivity index (χ3n) is 3.69. The van der Waals surface area contributed by atoms with E-state index in [4.69, 9.17) is 10.5 Å². The van der Waals surface area contributed by atoms with Crippen molar-refractivity contribution in [3.63, 3.8) is 0 Å². The second-order valence-electron chi connectivity index (χ2n) is 4.76. The maximum Gasteiger partial charge on any atom is 0.242 e. The standard InChI is InChI=1S/C11H20N2O2/c1-15-9-4-7-13(8-9)10(14)11(12)5-2-3-6-11/h9H,2-8,12H2,1H3/t9-/m1/s1. The average molecular weight is 212 g/mol. The molecule has 4 heteroatoms. The second-order valence-corrected chi connectivity index (χ2v) is 4.76. The first kappa shape index (κ1) is 10.9. The lowest BCUT2D eigenvalue weighted by molar-refractivity contribution is -0.136. The fraction of sp³-hybridized carbons (Fsp3) is 0.909. The zero-order chi connectivity index (χ0) is 10.9. The molecule has 1 saturated heterocycles. The van der Waals surface area contributed by atoms with Gasteiger partial charge in [-0.1, -0.05) is 12.8 Å². The SMILES string of the molecule is CO[C@@H]1CCN(C(=O)C2(N)CCCC2)C1. The summed E-state index contributed by atoms with van der Waals surface area (Å²) in [6, 6.07) is 0. The molecule has 0 aromatic heterocycles. The molecule has 1 aliphatic carbocycles. The van der Waals surface area contributed by atoms with Gasteiger partial charge in [0.25, 0.3) is 0 Å². The summed E-state index contributed by atoms with van der Waals surface area (Å²) in [4.78, 5) is 14.1. The van der Waals surface area contributed by atoms with E-state index in [2.05, 4.69) is 0 Å². The van der Waals surface area contributed by atoms with Crippen molar-refractivity contribution in [3.8, 4) is 0 Å². The smallest absolute Gasteiger partial charge is 0.242 e. The van der Waals surface area contributed by atoms with E-state index in [1.54, 1.807) is 7.11 Å². The summed E-state index contributed by atoms with van der Waals surface area (Å²) in [5, 5.41) is 0. The minimum absolute atomic E-state index is 0.138. The van der Waals surface area contributed by atoms with Crippen molar-refractivity contribution in [1.82, 2.24) is 4.90 Å². The van der Waals surface area contributed by atoms with E-state index in [0.29, 0.717) is 6.54 Å². The van der Waals surface area contributed by atoms with Gasteiger partial charge in [-0.2, -0.15) is 0 Å². The van der Waals surface area contributed by atoms with Crippen LogP contribution in [0.4, 0.5) is 0 Å². The Morgan fingerprint density at radius 1 is 1.47 bits per heavy atom. The Hall–Kier alpha value is -0.610. The Kier molecular flexibility index (Phi) is 2.98. The summed E-state index contributed by atoms with van der Waals surface area (Å²) < 4.78 is 5.25. The van der Waals surface area contributed by atoms with Gasteiger partial charge in [-0.25, -0.2) is 0 Å². The predicted octanol–water partition coefficient (Wildman–Crippen LogP) is 0.505. The zero-order valence-electron chi connectivity index (χ0n) is 9.37. The molecule has 0 radical (unpaired) electrons. The summed E-state index contributed by atoms with van der Waals surface area (Å²) >= 11 is 0. The van der Waals surface area contributed by atoms with Crippen LogP contribution in [0.5, 0.6) is 0 Å². The number of nitrogens with two attached hydrogens (primary N) is 1. The number of carbonyl (C=O) groups is 1. The monoisotopic (exact) mass is 212 g/mol. The fourth-order valence-electron chi connectivity index (χ4n) is 2.64. The Morgan fingerprint density at radius 2 is 2.13 bits per heavy atom. The Morgan fingerprint density at radius 3 is 2.67 bits per heavy atom. The van der Waals surface area contributed by atoms with Gasteiger partial charge < -0.3 is 15.4 Å². The molecule has 1 atom stereocenters. The predicted molar refractivity (Wildman–Crippen MR) is 57.4 cm³/mol. The van der Waals surface area contributed by atoms with Gasteiger partial charge in [-0.05, 0) is 19.3 Å². The van der Waals surface area contributed by atoms with E-state index >= 15 is 0 Å². The number of amides is 1. The molecule has 15 heavy (non-hydrogen) atoms. The lowest BCUT2D eigenvalue weighted by atomic mass is 9.97. The first-order valence-corrected chi connectivity index (χ1v) is 5.77. The second kappa shape index (κ2) is 4.10. The van der Waals surface area contributed by atoms with Gasteiger partial charge in [-0.15, -0.1) is 0 Å². The van der Waals surface area contributed by atoms with E-state index in [1.807, 2.05) is 4.90 Å². The first-order valence-electron chi connectivity index (χ1n) is 5.77. The van der Waals surface area contributed by atoms with Crippen LogP contribution in [-0.4, -0.2) is 42.6 Å². The first-order chi connectivity index (χ1) is 7.15. The highest BCUT2D eigenvalue weighted by Crippen LogP contribution is 2.30. The number of carbonyl (C=O) groups excluding carboxylic acids is 1. The van der Waals surface area contributed by atoms with Gasteiger partial charge in [0.05, 0.1) is 11.6 Å². The molecule has 1 heterocycles. The molecule has 86 valence electrons. The van der Waals surface area contributed by atoms with Crippen molar-refractivity contribution in [1.29, 1.82) is 0 Å². The van der Waals surface area contributed by atoms with Crippen LogP contribution in [0.1, 0.15) is 32.1 Å². The van der Waals surface area contributed by atoms with Crippen LogP contribution >= 0.6 is 0 Å². The van der Waals surface area contributed by atoms with Gasteiger partial charge in [0.1, 0.15) is 0 Å². The molecular formula is C11H20N2O2. The minimum atomic E-state index is -0.567. The van der Waals surface area contributed by atoms with Crippen molar-refractivity contribution >= 4 is 5.91 Å². The van der Waals surface area contributed by atoms with Crippen LogP contribution in [-0.2, 0) is 9.53 Å². The summed E-state index contributed by atoms with van der Waals surface area (Å²) in [6.07, 6.45) is 5.02. The number of ether oxygens (including phenoxy) is 1. The number of methoxy groups -OCH3 is 1. The van der Waals surface area contributed by atoms with Gasteiger partial charge in [0, 0.05) is 20.2 Å². The molecule has 0 aromatic carbocycles. The molecule has 0 bridgehead atoms. The average Bonchev–Trinajstić information content (AvgIpc) is 2.85. The zero-order valence-corrected chi connectivity index (χ0v) is 9.37. The lowest BCUT2D eigenvalue weighted by Crippen LogP contribution is -2.53. The molecule has 2 N–H and O–H groups in total. The maximum atomic E-state index is 12.2. The van der Waals surface area contributed by atoms with E-state index in [9.17, 15) is 4.79 Å². The van der Waals surface area contributed by atoms with Crippen molar-refractivity contribution in [3.05, 3.63) is 0 Å². The number of nitrogens with zero attached hydrogens (tertiary/aromatic N) is 1. The number of hydrogen-bond acceptors (Lipinski definition) is 3. The lowest BCUT2D eigenvalue weighted by Gasteiger charge is -2.28. The quantitative estimate of drug-likeness (QED) is 0.725. The van der Waals surface area contributed by atoms with Crippen LogP contribution in [0.2, 0.25) is 0 Å². The Balaban J connectivity index is 1.96. The number of likely N-dealkylation sites (tertiary alicyclic amines) is 1. The summed E-state index contributed by atoms with van der Waals surface area (Å²) in [5.41, 5.74) is 5.57. The van der Waals surface area contributed by atoms with Crippen LogP contribution in [0, 0.1) is 0 Å². The summed E-state index contributed by atoms with van der Waals surface area (Å²) in [5.74, 6) is 0.138. The minimum Gasteiger partial charge on any atom is -0.380 e. The van der Waals surface area contributed by atoms with E-state index in [0.717, 1.165) is 38.6 Å². The van der Waals surface area contributed by atoms with Crippen LogP contribution in [0.15, 0.2) is 0 Å². The molecule has 2 fully saturated rings. The molecule has 1 amide bonds. The number of hydrogen-bond donors (Lipinski definition) is 1. The molecule has 2 rings (SSSR count). The fourth-order valence-corrected chi connectivity index (χ4v) is 2.64. The molecule has 0 unspecified atom stereocenters. The summed E-state index contributed by atoms with van der Waals surface area (Å²) in [6.45, 7) is 1.52. The van der Waals surface area contributed by atoms with Gasteiger partial charge in [0.15, 0.2) is 0 Å². The third-order valence-corrected chi connectivity index (χ3v) is 3.69. The highest BCUT2D eigenvalue weighted by Gasteiger charge is 2.41. The van der Waals surface area contributed by atoms with Crippen molar-refractivity contribution < 1.29 is 9.53 Å². The number of rotatable bonds is 2. The Labute approximate surface area is 90.8 Å². The maximum absolute atomic E-state index is 12.2. The van der Waals surface area contributed by atoms with Crippen LogP contribution in [0.25, 0.3) is 0 Å². The van der Waals surface area contributed by atoms with Crippen LogP contribution in [0.3, 0.4) is 0 Å². The van der Waals surface area contributed by atoms with Crippen LogP contribution < -0.4 is 5.73 Å². The third kappa shape index (κ3) is 2.01. The molecule has 0 spiro atoms. The van der Waals surface area contributed by atoms with Crippen molar-refractivity contribution in [2.24, 2.45) is 5.73 Å². The topological polar surface area (TPSA) is 55.6 Å². The molecular weight excluding hydrogens is 192 g/mol. The van der Waals surface area contributed by atoms with E-state index in [-0.39, 0.29) is 12.0 Å². The highest BCUT2D eigenvalue weighted by molar-refractivity contribution is 5.86. The van der Waals surface area contributed by atoms with Crippen molar-refractivity contribution in [2.45, 2.75) is 43.7 Å². The van der Waals surface area contributed by atoms with Crippen molar-refractivity contribution in [2.75, 3.05) is 20.2 Å². The van der Waals surface area contributed by atoms with E-state index < -0.39 is 5.54 Å². The highest BCUT2D eigenvalue weighted by atomic mass is 16.5. The van der Waals surface area contributed by atoms with Gasteiger partial charge >= 0.3 is 0 Å². The molecule has 4 nitrogen and oxygen atoms in total. The molecule has 2 aliphatic rings.